The second-order valence-corrected chi connectivity index (χ2v) is 4.99. The molecule has 1 aromatic rings. The van der Waals surface area contributed by atoms with Crippen LogP contribution in [0.1, 0.15) is 23.2 Å². The van der Waals surface area contributed by atoms with Crippen molar-refractivity contribution in [1.29, 1.82) is 0 Å². The second-order valence-electron chi connectivity index (χ2n) is 4.99. The first-order valence-electron chi connectivity index (χ1n) is 6.81. The molecule has 1 aliphatic heterocycles. The van der Waals surface area contributed by atoms with E-state index in [0.717, 1.165) is 0 Å². The number of piperidine rings is 1. The Morgan fingerprint density at radius 1 is 1.29 bits per heavy atom. The highest BCUT2D eigenvalue weighted by atomic mass is 16.5. The van der Waals surface area contributed by atoms with Gasteiger partial charge in [0, 0.05) is 13.1 Å². The number of ether oxygens (including phenoxy) is 2. The van der Waals surface area contributed by atoms with Crippen molar-refractivity contribution in [2.45, 2.75) is 12.8 Å². The van der Waals surface area contributed by atoms with E-state index in [-0.39, 0.29) is 12.5 Å². The summed E-state index contributed by atoms with van der Waals surface area (Å²) < 4.78 is 10.3. The zero-order chi connectivity index (χ0) is 15.4. The molecule has 0 aliphatic carbocycles. The predicted octanol–water partition coefficient (Wildman–Crippen LogP) is 1.64. The van der Waals surface area contributed by atoms with Gasteiger partial charge in [0.1, 0.15) is 11.5 Å². The van der Waals surface area contributed by atoms with E-state index in [1.54, 1.807) is 23.1 Å². The number of hydrogen-bond acceptors (Lipinski definition) is 4. The Morgan fingerprint density at radius 2 is 2.05 bits per heavy atom. The summed E-state index contributed by atoms with van der Waals surface area (Å²) in [6.07, 6.45) is 1.29. The normalized spacial score (nSPS) is 18.2. The highest BCUT2D eigenvalue weighted by Crippen LogP contribution is 2.27. The van der Waals surface area contributed by atoms with Crippen LogP contribution in [0.3, 0.4) is 0 Å². The minimum atomic E-state index is -0.856. The molecule has 1 amide bonds. The Hall–Kier alpha value is -2.24. The van der Waals surface area contributed by atoms with E-state index in [2.05, 4.69) is 0 Å². The highest BCUT2D eigenvalue weighted by Gasteiger charge is 2.29. The van der Waals surface area contributed by atoms with E-state index in [1.807, 2.05) is 0 Å². The van der Waals surface area contributed by atoms with E-state index < -0.39 is 11.9 Å². The van der Waals surface area contributed by atoms with E-state index in [9.17, 15) is 9.59 Å². The Balaban J connectivity index is 2.24. The maximum absolute atomic E-state index is 12.6. The van der Waals surface area contributed by atoms with Crippen LogP contribution in [0, 0.1) is 5.92 Å². The molecule has 1 fully saturated rings. The van der Waals surface area contributed by atoms with Gasteiger partial charge in [-0.3, -0.25) is 9.59 Å². The number of aliphatic carboxylic acids is 1. The summed E-state index contributed by atoms with van der Waals surface area (Å²) in [5.41, 5.74) is 0.392. The molecule has 1 saturated heterocycles. The maximum atomic E-state index is 12.6. The van der Waals surface area contributed by atoms with Crippen LogP contribution in [-0.2, 0) is 4.79 Å². The maximum Gasteiger partial charge on any atom is 0.308 e. The third kappa shape index (κ3) is 3.26. The lowest BCUT2D eigenvalue weighted by Crippen LogP contribution is -2.42. The van der Waals surface area contributed by atoms with Crippen molar-refractivity contribution in [2.75, 3.05) is 27.3 Å². The summed E-state index contributed by atoms with van der Waals surface area (Å²) >= 11 is 0. The van der Waals surface area contributed by atoms with Crippen molar-refractivity contribution < 1.29 is 24.2 Å². The van der Waals surface area contributed by atoms with Crippen LogP contribution in [0.25, 0.3) is 0 Å². The number of benzene rings is 1. The molecule has 1 atom stereocenters. The molecule has 1 unspecified atom stereocenters. The zero-order valence-corrected chi connectivity index (χ0v) is 12.2. The van der Waals surface area contributed by atoms with Gasteiger partial charge in [-0.25, -0.2) is 0 Å². The van der Waals surface area contributed by atoms with Gasteiger partial charge in [0.05, 0.1) is 25.7 Å². The number of carbonyl (C=O) groups is 2. The molecular formula is C15H19NO5. The summed E-state index contributed by atoms with van der Waals surface area (Å²) in [6.45, 7) is 0.789. The average molecular weight is 293 g/mol. The number of hydrogen-bond donors (Lipinski definition) is 1. The Kier molecular flexibility index (Phi) is 4.67. The van der Waals surface area contributed by atoms with Gasteiger partial charge in [-0.1, -0.05) is 0 Å². The number of carbonyl (C=O) groups excluding carboxylic acids is 1. The van der Waals surface area contributed by atoms with E-state index in [1.165, 1.54) is 14.2 Å². The number of rotatable bonds is 4. The third-order valence-electron chi connectivity index (χ3n) is 3.69. The first-order chi connectivity index (χ1) is 10.1. The molecule has 21 heavy (non-hydrogen) atoms. The fourth-order valence-electron chi connectivity index (χ4n) is 2.51. The molecule has 6 heteroatoms. The largest absolute Gasteiger partial charge is 0.497 e. The fourth-order valence-corrected chi connectivity index (χ4v) is 2.51. The topological polar surface area (TPSA) is 76.1 Å². The van der Waals surface area contributed by atoms with Gasteiger partial charge in [-0.05, 0) is 31.0 Å². The molecule has 0 spiro atoms. The monoisotopic (exact) mass is 293 g/mol. The fraction of sp³-hybridized carbons (Fsp3) is 0.467. The van der Waals surface area contributed by atoms with E-state index >= 15 is 0 Å². The van der Waals surface area contributed by atoms with Gasteiger partial charge >= 0.3 is 5.97 Å². The molecular weight excluding hydrogens is 274 g/mol. The molecule has 2 rings (SSSR count). The minimum absolute atomic E-state index is 0.225. The first-order valence-corrected chi connectivity index (χ1v) is 6.81. The van der Waals surface area contributed by atoms with Gasteiger partial charge in [0.2, 0.25) is 0 Å². The standard InChI is InChI=1S/C15H19NO5/c1-20-11-5-6-13(21-2)12(8-11)14(17)16-7-3-4-10(9-16)15(18)19/h5-6,8,10H,3-4,7,9H2,1-2H3,(H,18,19). The van der Waals surface area contributed by atoms with Crippen molar-refractivity contribution in [3.8, 4) is 11.5 Å². The highest BCUT2D eigenvalue weighted by molar-refractivity contribution is 5.97. The third-order valence-corrected chi connectivity index (χ3v) is 3.69. The van der Waals surface area contributed by atoms with Crippen molar-refractivity contribution in [3.63, 3.8) is 0 Å². The minimum Gasteiger partial charge on any atom is -0.497 e. The number of methoxy groups -OCH3 is 2. The van der Waals surface area contributed by atoms with Crippen LogP contribution in [-0.4, -0.2) is 49.2 Å². The van der Waals surface area contributed by atoms with Crippen molar-refractivity contribution >= 4 is 11.9 Å². The molecule has 1 aliphatic rings. The SMILES string of the molecule is COc1ccc(OC)c(C(=O)N2CCCC(C(=O)O)C2)c1. The number of carboxylic acids is 1. The molecule has 0 aromatic heterocycles. The van der Waals surface area contributed by atoms with Gasteiger partial charge in [-0.2, -0.15) is 0 Å². The number of nitrogens with zero attached hydrogens (tertiary/aromatic N) is 1. The van der Waals surface area contributed by atoms with Crippen LogP contribution >= 0.6 is 0 Å². The number of carboxylic acid groups (broad SMARTS) is 1. The average Bonchev–Trinajstić information content (AvgIpc) is 2.53. The quantitative estimate of drug-likeness (QED) is 0.913. The molecule has 1 heterocycles. The second kappa shape index (κ2) is 6.47. The van der Waals surface area contributed by atoms with Crippen molar-refractivity contribution in [2.24, 2.45) is 5.92 Å². The van der Waals surface area contributed by atoms with Gasteiger partial charge in [-0.15, -0.1) is 0 Å². The summed E-state index contributed by atoms with van der Waals surface area (Å²) in [7, 11) is 3.02. The first kappa shape index (κ1) is 15.2. The molecule has 0 radical (unpaired) electrons. The molecule has 114 valence electrons. The Morgan fingerprint density at radius 3 is 2.67 bits per heavy atom. The lowest BCUT2D eigenvalue weighted by atomic mass is 9.97. The van der Waals surface area contributed by atoms with Crippen LogP contribution in [0.5, 0.6) is 11.5 Å². The van der Waals surface area contributed by atoms with Gasteiger partial charge in [0.15, 0.2) is 0 Å². The number of amides is 1. The molecule has 1 N–H and O–H groups in total. The number of likely N-dealkylation sites (tertiary alicyclic amines) is 1. The summed E-state index contributed by atoms with van der Waals surface area (Å²) in [6, 6.07) is 5.00. The van der Waals surface area contributed by atoms with Gasteiger partial charge < -0.3 is 19.5 Å². The summed E-state index contributed by atoms with van der Waals surface area (Å²) in [5.74, 6) is -0.565. The van der Waals surface area contributed by atoms with Crippen LogP contribution in [0.15, 0.2) is 18.2 Å². The zero-order valence-electron chi connectivity index (χ0n) is 12.2. The Labute approximate surface area is 123 Å². The summed E-state index contributed by atoms with van der Waals surface area (Å²) in [4.78, 5) is 25.3. The lowest BCUT2D eigenvalue weighted by molar-refractivity contribution is -0.143. The molecule has 6 nitrogen and oxygen atoms in total. The smallest absolute Gasteiger partial charge is 0.308 e. The van der Waals surface area contributed by atoms with Crippen molar-refractivity contribution in [3.05, 3.63) is 23.8 Å². The van der Waals surface area contributed by atoms with Crippen molar-refractivity contribution in [1.82, 2.24) is 4.90 Å². The van der Waals surface area contributed by atoms with Gasteiger partial charge in [0.25, 0.3) is 5.91 Å². The summed E-state index contributed by atoms with van der Waals surface area (Å²) in [5, 5.41) is 9.11. The Bertz CT molecular complexity index is 543. The molecule has 0 saturated carbocycles. The lowest BCUT2D eigenvalue weighted by Gasteiger charge is -2.31. The van der Waals surface area contributed by atoms with E-state index in [4.69, 9.17) is 14.6 Å². The predicted molar refractivity (Wildman–Crippen MR) is 75.8 cm³/mol. The van der Waals surface area contributed by atoms with E-state index in [0.29, 0.717) is 36.4 Å². The molecule has 0 bridgehead atoms. The van der Waals surface area contributed by atoms with Crippen LogP contribution in [0.2, 0.25) is 0 Å². The molecule has 1 aromatic carbocycles. The van der Waals surface area contributed by atoms with Crippen LogP contribution in [0.4, 0.5) is 0 Å². The van der Waals surface area contributed by atoms with Crippen LogP contribution < -0.4 is 9.47 Å².